The zero-order valence-electron chi connectivity index (χ0n) is 13.1. The van der Waals surface area contributed by atoms with Crippen molar-refractivity contribution in [2.45, 2.75) is 5.16 Å². The van der Waals surface area contributed by atoms with Gasteiger partial charge in [0.25, 0.3) is 0 Å². The Labute approximate surface area is 162 Å². The molecule has 134 valence electrons. The van der Waals surface area contributed by atoms with Crippen molar-refractivity contribution < 1.29 is 9.18 Å². The van der Waals surface area contributed by atoms with Gasteiger partial charge < -0.3 is 11.2 Å². The van der Waals surface area contributed by atoms with E-state index in [1.54, 1.807) is 36.4 Å². The average Bonchev–Trinajstić information content (AvgIpc) is 2.97. The van der Waals surface area contributed by atoms with Gasteiger partial charge in [-0.05, 0) is 30.3 Å². The highest BCUT2D eigenvalue weighted by atomic mass is 35.5. The topological polar surface area (TPSA) is 85.8 Å². The molecule has 0 saturated heterocycles. The van der Waals surface area contributed by atoms with Crippen LogP contribution in [-0.4, -0.2) is 26.5 Å². The largest absolute Gasteiger partial charge is 0.335 e. The van der Waals surface area contributed by atoms with Gasteiger partial charge in [-0.1, -0.05) is 47.1 Å². The fraction of sp³-hybridized carbons (Fsp3) is 0.0625. The number of anilines is 1. The number of carbonyl (C=O) groups excluding carboxylic acids is 1. The Morgan fingerprint density at radius 3 is 2.77 bits per heavy atom. The van der Waals surface area contributed by atoms with Crippen LogP contribution >= 0.6 is 35.0 Å². The van der Waals surface area contributed by atoms with Crippen LogP contribution < -0.4 is 11.2 Å². The number of carbonyl (C=O) groups is 1. The van der Waals surface area contributed by atoms with E-state index in [0.29, 0.717) is 15.7 Å². The Morgan fingerprint density at radius 2 is 2.00 bits per heavy atom. The van der Waals surface area contributed by atoms with Crippen LogP contribution in [0.15, 0.2) is 47.6 Å². The number of nitrogens with one attached hydrogen (secondary N) is 1. The van der Waals surface area contributed by atoms with Crippen molar-refractivity contribution in [1.29, 1.82) is 0 Å². The highest BCUT2D eigenvalue weighted by molar-refractivity contribution is 7.99. The Kier molecular flexibility index (Phi) is 5.65. The lowest BCUT2D eigenvalue weighted by Crippen LogP contribution is -2.16. The molecule has 26 heavy (non-hydrogen) atoms. The Balaban J connectivity index is 1.68. The van der Waals surface area contributed by atoms with Crippen LogP contribution in [0.3, 0.4) is 0 Å². The third-order valence-corrected chi connectivity index (χ3v) is 4.82. The van der Waals surface area contributed by atoms with Crippen LogP contribution in [0.2, 0.25) is 10.0 Å². The van der Waals surface area contributed by atoms with Gasteiger partial charge in [-0.3, -0.25) is 4.79 Å². The van der Waals surface area contributed by atoms with E-state index < -0.39 is 5.82 Å². The predicted molar refractivity (Wildman–Crippen MR) is 101 cm³/mol. The summed E-state index contributed by atoms with van der Waals surface area (Å²) >= 11 is 12.9. The Bertz CT molecular complexity index is 966. The summed E-state index contributed by atoms with van der Waals surface area (Å²) in [7, 11) is 0. The standard InChI is InChI=1S/C16H12Cl2FN5OS/c17-9-5-6-11(18)13(7-9)21-14(25)8-26-16-23-22-15(24(16)20)10-3-1-2-4-12(10)19/h1-7H,8,20H2,(H,21,25). The third-order valence-electron chi connectivity index (χ3n) is 3.31. The first kappa shape index (κ1) is 18.5. The molecular weight excluding hydrogens is 400 g/mol. The molecule has 1 heterocycles. The van der Waals surface area contributed by atoms with Gasteiger partial charge in [-0.15, -0.1) is 10.2 Å². The molecule has 0 saturated carbocycles. The minimum atomic E-state index is -0.462. The smallest absolute Gasteiger partial charge is 0.234 e. The molecule has 0 unspecified atom stereocenters. The van der Waals surface area contributed by atoms with Gasteiger partial charge in [0.15, 0.2) is 5.82 Å². The number of hydrogen-bond acceptors (Lipinski definition) is 5. The summed E-state index contributed by atoms with van der Waals surface area (Å²) in [5.41, 5.74) is 0.635. The summed E-state index contributed by atoms with van der Waals surface area (Å²) in [4.78, 5) is 12.1. The summed E-state index contributed by atoms with van der Waals surface area (Å²) in [5.74, 6) is 5.31. The molecule has 0 aliphatic rings. The fourth-order valence-electron chi connectivity index (χ4n) is 2.11. The third kappa shape index (κ3) is 4.09. The maximum Gasteiger partial charge on any atom is 0.234 e. The quantitative estimate of drug-likeness (QED) is 0.491. The lowest BCUT2D eigenvalue weighted by molar-refractivity contribution is -0.113. The molecule has 0 aliphatic carbocycles. The molecule has 0 radical (unpaired) electrons. The van der Waals surface area contributed by atoms with Crippen LogP contribution in [0.1, 0.15) is 0 Å². The van der Waals surface area contributed by atoms with Gasteiger partial charge in [-0.25, -0.2) is 9.07 Å². The van der Waals surface area contributed by atoms with E-state index >= 15 is 0 Å². The van der Waals surface area contributed by atoms with Crippen molar-refractivity contribution in [2.75, 3.05) is 16.9 Å². The first-order valence-electron chi connectivity index (χ1n) is 7.29. The molecule has 3 rings (SSSR count). The second kappa shape index (κ2) is 7.94. The maximum atomic E-state index is 13.9. The minimum absolute atomic E-state index is 0.00937. The lowest BCUT2D eigenvalue weighted by atomic mass is 10.2. The summed E-state index contributed by atoms with van der Waals surface area (Å²) in [5, 5.41) is 11.5. The number of halogens is 3. The van der Waals surface area contributed by atoms with Crippen LogP contribution in [0.4, 0.5) is 10.1 Å². The molecule has 0 fully saturated rings. The lowest BCUT2D eigenvalue weighted by Gasteiger charge is -2.07. The van der Waals surface area contributed by atoms with E-state index in [1.807, 2.05) is 0 Å². The molecule has 0 aliphatic heterocycles. The number of thioether (sulfide) groups is 1. The second-order valence-corrected chi connectivity index (χ2v) is 6.90. The van der Waals surface area contributed by atoms with Crippen LogP contribution in [0.25, 0.3) is 11.4 Å². The van der Waals surface area contributed by atoms with E-state index in [0.717, 1.165) is 16.4 Å². The molecular formula is C16H12Cl2FN5OS. The molecule has 3 N–H and O–H groups in total. The average molecular weight is 412 g/mol. The first-order valence-corrected chi connectivity index (χ1v) is 9.03. The van der Waals surface area contributed by atoms with Crippen LogP contribution in [-0.2, 0) is 4.79 Å². The molecule has 1 amide bonds. The highest BCUT2D eigenvalue weighted by Gasteiger charge is 2.16. The molecule has 6 nitrogen and oxygen atoms in total. The van der Waals surface area contributed by atoms with Crippen molar-refractivity contribution in [3.63, 3.8) is 0 Å². The van der Waals surface area contributed by atoms with Crippen molar-refractivity contribution in [3.05, 3.63) is 58.3 Å². The molecule has 3 aromatic rings. The van der Waals surface area contributed by atoms with E-state index in [4.69, 9.17) is 29.0 Å². The van der Waals surface area contributed by atoms with Gasteiger partial charge >= 0.3 is 0 Å². The van der Waals surface area contributed by atoms with E-state index in [-0.39, 0.29) is 28.2 Å². The van der Waals surface area contributed by atoms with Gasteiger partial charge in [0.2, 0.25) is 11.1 Å². The first-order chi connectivity index (χ1) is 12.5. The summed E-state index contributed by atoms with van der Waals surface area (Å²) in [6, 6.07) is 10.8. The van der Waals surface area contributed by atoms with Crippen molar-refractivity contribution in [1.82, 2.24) is 14.9 Å². The maximum absolute atomic E-state index is 13.9. The molecule has 0 bridgehead atoms. The van der Waals surface area contributed by atoms with Crippen molar-refractivity contribution >= 4 is 46.6 Å². The predicted octanol–water partition coefficient (Wildman–Crippen LogP) is 3.84. The van der Waals surface area contributed by atoms with Crippen molar-refractivity contribution in [3.8, 4) is 11.4 Å². The molecule has 0 spiro atoms. The number of hydrogen-bond donors (Lipinski definition) is 2. The summed E-state index contributed by atoms with van der Waals surface area (Å²) in [6.45, 7) is 0. The number of nitrogens with zero attached hydrogens (tertiary/aromatic N) is 3. The molecule has 10 heteroatoms. The Hall–Kier alpha value is -2.29. The van der Waals surface area contributed by atoms with E-state index in [9.17, 15) is 9.18 Å². The minimum Gasteiger partial charge on any atom is -0.335 e. The second-order valence-electron chi connectivity index (χ2n) is 5.12. The van der Waals surface area contributed by atoms with Crippen LogP contribution in [0, 0.1) is 5.82 Å². The van der Waals surface area contributed by atoms with Gasteiger partial charge in [0, 0.05) is 5.02 Å². The van der Waals surface area contributed by atoms with E-state index in [2.05, 4.69) is 15.5 Å². The number of rotatable bonds is 5. The zero-order valence-corrected chi connectivity index (χ0v) is 15.4. The monoisotopic (exact) mass is 411 g/mol. The normalized spacial score (nSPS) is 10.7. The van der Waals surface area contributed by atoms with Gasteiger partial charge in [-0.2, -0.15) is 0 Å². The molecule has 0 atom stereocenters. The highest BCUT2D eigenvalue weighted by Crippen LogP contribution is 2.27. The van der Waals surface area contributed by atoms with Crippen molar-refractivity contribution in [2.24, 2.45) is 0 Å². The number of aromatic nitrogens is 3. The number of amides is 1. The summed E-state index contributed by atoms with van der Waals surface area (Å²) < 4.78 is 15.0. The van der Waals surface area contributed by atoms with E-state index in [1.165, 1.54) is 6.07 Å². The number of nitrogen functional groups attached to an aromatic ring is 1. The SMILES string of the molecule is Nn1c(SCC(=O)Nc2cc(Cl)ccc2Cl)nnc1-c1ccccc1F. The fourth-order valence-corrected chi connectivity index (χ4v) is 3.10. The number of benzene rings is 2. The Morgan fingerprint density at radius 1 is 1.23 bits per heavy atom. The molecule has 2 aromatic carbocycles. The van der Waals surface area contributed by atoms with Gasteiger partial charge in [0.1, 0.15) is 5.82 Å². The van der Waals surface area contributed by atoms with Gasteiger partial charge in [0.05, 0.1) is 22.0 Å². The number of nitrogens with two attached hydrogens (primary N) is 1. The summed E-state index contributed by atoms with van der Waals surface area (Å²) in [6.07, 6.45) is 0. The zero-order chi connectivity index (χ0) is 18.7. The van der Waals surface area contributed by atoms with Crippen LogP contribution in [0.5, 0.6) is 0 Å². The molecule has 1 aromatic heterocycles.